The van der Waals surface area contributed by atoms with Gasteiger partial charge in [-0.1, -0.05) is 105 Å². The number of alkyl carbamates (subject to hydrolysis) is 2. The second kappa shape index (κ2) is 18.6. The van der Waals surface area contributed by atoms with E-state index in [4.69, 9.17) is 14.2 Å². The number of ether oxygens (including phenoxy) is 3. The third-order valence-electron chi connectivity index (χ3n) is 6.67. The van der Waals surface area contributed by atoms with Crippen LogP contribution >= 0.6 is 0 Å². The molecule has 0 saturated carbocycles. The molecule has 0 aliphatic carbocycles. The van der Waals surface area contributed by atoms with E-state index in [1.54, 1.807) is 13.8 Å². The Bertz CT molecular complexity index is 1300. The van der Waals surface area contributed by atoms with E-state index in [1.807, 2.05) is 91.0 Å². The Hall–Kier alpha value is -4.86. The molecule has 0 radical (unpaired) electrons. The second-order valence-electron chi connectivity index (χ2n) is 10.6. The summed E-state index contributed by atoms with van der Waals surface area (Å²) >= 11 is 0. The Labute approximate surface area is 258 Å². The number of amides is 3. The molecule has 44 heavy (non-hydrogen) atoms. The first-order valence-corrected chi connectivity index (χ1v) is 14.7. The smallest absolute Gasteiger partial charge is 0.408 e. The summed E-state index contributed by atoms with van der Waals surface area (Å²) in [6.07, 6.45) is -0.0426. The van der Waals surface area contributed by atoms with E-state index in [1.165, 1.54) is 0 Å². The number of carbonyl (C=O) groups excluding carboxylic acids is 4. The van der Waals surface area contributed by atoms with Gasteiger partial charge in [0.15, 0.2) is 0 Å². The Morgan fingerprint density at radius 1 is 0.614 bits per heavy atom. The standard InChI is InChI=1S/C34H41N3O7/c1-25(2)30(32(39)42-22-26-14-6-3-7-15-26)37-31(38)29(36-34(41)44-24-28-18-10-5-11-19-28)20-12-13-21-35-33(40)43-23-27-16-8-4-9-17-27/h3-11,14-19,25,29-30H,12-13,20-24H2,1-2H3,(H,35,40)(H,36,41)(H,37,38)/t29-,30-/m0/s1. The normalized spacial score (nSPS) is 12.0. The molecule has 0 aliphatic heterocycles. The molecule has 0 spiro atoms. The highest BCUT2D eigenvalue weighted by Crippen LogP contribution is 2.10. The summed E-state index contributed by atoms with van der Waals surface area (Å²) in [6, 6.07) is 25.9. The van der Waals surface area contributed by atoms with Crippen molar-refractivity contribution in [2.45, 2.75) is 65.0 Å². The SMILES string of the molecule is CC(C)[C@H](NC(=O)[C@H](CCCCNC(=O)OCc1ccccc1)NC(=O)OCc1ccccc1)C(=O)OCc1ccccc1. The number of unbranched alkanes of at least 4 members (excludes halogenated alkanes) is 1. The minimum atomic E-state index is -0.980. The Morgan fingerprint density at radius 2 is 1.09 bits per heavy atom. The fourth-order valence-electron chi connectivity index (χ4n) is 4.18. The number of hydrogen-bond acceptors (Lipinski definition) is 7. The Morgan fingerprint density at radius 3 is 1.59 bits per heavy atom. The maximum Gasteiger partial charge on any atom is 0.408 e. The number of rotatable bonds is 16. The largest absolute Gasteiger partial charge is 0.459 e. The zero-order chi connectivity index (χ0) is 31.6. The lowest BCUT2D eigenvalue weighted by Crippen LogP contribution is -2.53. The zero-order valence-corrected chi connectivity index (χ0v) is 25.2. The van der Waals surface area contributed by atoms with Gasteiger partial charge in [0.25, 0.3) is 0 Å². The minimum Gasteiger partial charge on any atom is -0.459 e. The van der Waals surface area contributed by atoms with Crippen LogP contribution in [0, 0.1) is 5.92 Å². The van der Waals surface area contributed by atoms with Crippen LogP contribution in [0.4, 0.5) is 9.59 Å². The van der Waals surface area contributed by atoms with Gasteiger partial charge in [0.05, 0.1) is 0 Å². The predicted octanol–water partition coefficient (Wildman–Crippen LogP) is 5.26. The third-order valence-corrected chi connectivity index (χ3v) is 6.67. The van der Waals surface area contributed by atoms with Crippen LogP contribution in [0.3, 0.4) is 0 Å². The van der Waals surface area contributed by atoms with Gasteiger partial charge >= 0.3 is 18.2 Å². The van der Waals surface area contributed by atoms with Crippen molar-refractivity contribution >= 4 is 24.1 Å². The van der Waals surface area contributed by atoms with Crippen molar-refractivity contribution in [3.8, 4) is 0 Å². The number of nitrogens with one attached hydrogen (secondary N) is 3. The van der Waals surface area contributed by atoms with Gasteiger partial charge in [-0.05, 0) is 41.9 Å². The summed E-state index contributed by atoms with van der Waals surface area (Å²) in [5, 5.41) is 8.07. The molecule has 3 N–H and O–H groups in total. The summed E-state index contributed by atoms with van der Waals surface area (Å²) in [5.74, 6) is -1.37. The fraction of sp³-hybridized carbons (Fsp3) is 0.353. The van der Waals surface area contributed by atoms with Crippen LogP contribution in [0.5, 0.6) is 0 Å². The molecule has 0 aliphatic rings. The minimum absolute atomic E-state index is 0.0382. The molecule has 10 heteroatoms. The second-order valence-corrected chi connectivity index (χ2v) is 10.6. The zero-order valence-electron chi connectivity index (χ0n) is 25.2. The molecule has 234 valence electrons. The van der Waals surface area contributed by atoms with Gasteiger partial charge in [0.2, 0.25) is 5.91 Å². The van der Waals surface area contributed by atoms with E-state index in [-0.39, 0.29) is 32.2 Å². The molecule has 0 unspecified atom stereocenters. The van der Waals surface area contributed by atoms with Crippen LogP contribution in [0.25, 0.3) is 0 Å². The van der Waals surface area contributed by atoms with Crippen LogP contribution in [0.15, 0.2) is 91.0 Å². The van der Waals surface area contributed by atoms with Crippen molar-refractivity contribution in [1.82, 2.24) is 16.0 Å². The highest BCUT2D eigenvalue weighted by atomic mass is 16.6. The maximum absolute atomic E-state index is 13.4. The molecule has 0 heterocycles. The van der Waals surface area contributed by atoms with E-state index >= 15 is 0 Å². The van der Waals surface area contributed by atoms with Crippen LogP contribution < -0.4 is 16.0 Å². The fourth-order valence-corrected chi connectivity index (χ4v) is 4.18. The lowest BCUT2D eigenvalue weighted by atomic mass is 10.0. The molecule has 3 aromatic carbocycles. The number of esters is 1. The van der Waals surface area contributed by atoms with Gasteiger partial charge in [-0.2, -0.15) is 0 Å². The van der Waals surface area contributed by atoms with E-state index in [9.17, 15) is 19.2 Å². The van der Waals surface area contributed by atoms with E-state index in [0.717, 1.165) is 16.7 Å². The molecule has 0 aromatic heterocycles. The molecule has 0 bridgehead atoms. The molecule has 3 aromatic rings. The summed E-state index contributed by atoms with van der Waals surface area (Å²) in [4.78, 5) is 50.9. The van der Waals surface area contributed by atoms with Crippen molar-refractivity contribution in [2.75, 3.05) is 6.54 Å². The molecule has 2 atom stereocenters. The van der Waals surface area contributed by atoms with E-state index in [2.05, 4.69) is 16.0 Å². The molecule has 0 saturated heterocycles. The van der Waals surface area contributed by atoms with Gasteiger partial charge < -0.3 is 30.2 Å². The summed E-state index contributed by atoms with van der Waals surface area (Å²) < 4.78 is 16.0. The highest BCUT2D eigenvalue weighted by molar-refractivity contribution is 5.89. The van der Waals surface area contributed by atoms with Crippen LogP contribution in [0.2, 0.25) is 0 Å². The van der Waals surface area contributed by atoms with Crippen molar-refractivity contribution in [3.05, 3.63) is 108 Å². The number of benzene rings is 3. The lowest BCUT2D eigenvalue weighted by molar-refractivity contribution is -0.150. The average Bonchev–Trinajstić information content (AvgIpc) is 3.04. The van der Waals surface area contributed by atoms with Gasteiger partial charge in [0, 0.05) is 6.54 Å². The molecular formula is C34H41N3O7. The summed E-state index contributed by atoms with van der Waals surface area (Å²) in [6.45, 7) is 4.20. The molecular weight excluding hydrogens is 562 g/mol. The number of hydrogen-bond donors (Lipinski definition) is 3. The first-order valence-electron chi connectivity index (χ1n) is 14.7. The summed E-state index contributed by atoms with van der Waals surface area (Å²) in [7, 11) is 0. The molecule has 3 rings (SSSR count). The molecule has 0 fully saturated rings. The predicted molar refractivity (Wildman–Crippen MR) is 165 cm³/mol. The Balaban J connectivity index is 1.52. The van der Waals surface area contributed by atoms with Crippen LogP contribution in [-0.4, -0.2) is 42.7 Å². The first-order chi connectivity index (χ1) is 21.3. The van der Waals surface area contributed by atoms with E-state index < -0.39 is 36.1 Å². The first kappa shape index (κ1) is 33.6. The van der Waals surface area contributed by atoms with Crippen LogP contribution in [0.1, 0.15) is 49.8 Å². The van der Waals surface area contributed by atoms with Gasteiger partial charge in [-0.3, -0.25) is 4.79 Å². The van der Waals surface area contributed by atoms with Crippen molar-refractivity contribution in [3.63, 3.8) is 0 Å². The van der Waals surface area contributed by atoms with Crippen LogP contribution in [-0.2, 0) is 43.6 Å². The number of carbonyl (C=O) groups is 4. The maximum atomic E-state index is 13.4. The highest BCUT2D eigenvalue weighted by Gasteiger charge is 2.30. The third kappa shape index (κ3) is 12.6. The van der Waals surface area contributed by atoms with Gasteiger partial charge in [0.1, 0.15) is 31.9 Å². The van der Waals surface area contributed by atoms with Gasteiger partial charge in [-0.15, -0.1) is 0 Å². The van der Waals surface area contributed by atoms with Crippen molar-refractivity contribution in [2.24, 2.45) is 5.92 Å². The lowest BCUT2D eigenvalue weighted by Gasteiger charge is -2.24. The summed E-state index contributed by atoms with van der Waals surface area (Å²) in [5.41, 5.74) is 2.51. The quantitative estimate of drug-likeness (QED) is 0.116. The molecule has 3 amide bonds. The monoisotopic (exact) mass is 603 g/mol. The van der Waals surface area contributed by atoms with Crippen molar-refractivity contribution in [1.29, 1.82) is 0 Å². The topological polar surface area (TPSA) is 132 Å². The van der Waals surface area contributed by atoms with Gasteiger partial charge in [-0.25, -0.2) is 14.4 Å². The average molecular weight is 604 g/mol. The van der Waals surface area contributed by atoms with Crippen molar-refractivity contribution < 1.29 is 33.4 Å². The Kier molecular flexibility index (Phi) is 14.2. The van der Waals surface area contributed by atoms with E-state index in [0.29, 0.717) is 19.4 Å². The molecule has 10 nitrogen and oxygen atoms in total.